The monoisotopic (exact) mass is 294 g/mol. The summed E-state index contributed by atoms with van der Waals surface area (Å²) in [5, 5.41) is 16.0. The second kappa shape index (κ2) is 6.24. The zero-order valence-corrected chi connectivity index (χ0v) is 12.6. The van der Waals surface area contributed by atoms with Gasteiger partial charge in [0.15, 0.2) is 5.69 Å². The van der Waals surface area contributed by atoms with E-state index in [-0.39, 0.29) is 18.1 Å². The van der Waals surface area contributed by atoms with Gasteiger partial charge in [-0.1, -0.05) is 31.9 Å². The lowest BCUT2D eigenvalue weighted by molar-refractivity contribution is -0.134. The first-order valence-corrected chi connectivity index (χ1v) is 7.41. The van der Waals surface area contributed by atoms with Crippen LogP contribution >= 0.6 is 0 Å². The predicted molar refractivity (Wildman–Crippen MR) is 75.8 cm³/mol. The lowest BCUT2D eigenvalue weighted by Crippen LogP contribution is -2.44. The summed E-state index contributed by atoms with van der Waals surface area (Å²) in [7, 11) is 0. The second-order valence-electron chi connectivity index (χ2n) is 5.69. The second-order valence-corrected chi connectivity index (χ2v) is 5.69. The van der Waals surface area contributed by atoms with E-state index in [4.69, 9.17) is 5.11 Å². The van der Waals surface area contributed by atoms with Crippen molar-refractivity contribution in [2.24, 2.45) is 5.41 Å². The Hall–Kier alpha value is -1.92. The Bertz CT molecular complexity index is 512. The van der Waals surface area contributed by atoms with Gasteiger partial charge in [0.05, 0.1) is 6.20 Å². The van der Waals surface area contributed by atoms with Crippen LogP contribution in [0.2, 0.25) is 0 Å². The Labute approximate surface area is 123 Å². The highest BCUT2D eigenvalue weighted by atomic mass is 16.4. The summed E-state index contributed by atoms with van der Waals surface area (Å²) in [4.78, 5) is 24.8. The Balaban J connectivity index is 1.91. The van der Waals surface area contributed by atoms with Gasteiger partial charge in [-0.25, -0.2) is 9.48 Å². The van der Waals surface area contributed by atoms with Crippen molar-refractivity contribution in [1.29, 1.82) is 0 Å². The highest BCUT2D eigenvalue weighted by Gasteiger charge is 2.32. The fourth-order valence-corrected chi connectivity index (χ4v) is 2.90. The van der Waals surface area contributed by atoms with Crippen molar-refractivity contribution in [3.05, 3.63) is 11.9 Å². The molecule has 2 heterocycles. The molecule has 2 rings (SSSR count). The quantitative estimate of drug-likeness (QED) is 0.887. The van der Waals surface area contributed by atoms with Gasteiger partial charge in [-0.05, 0) is 18.3 Å². The molecule has 0 atom stereocenters. The van der Waals surface area contributed by atoms with Gasteiger partial charge in [-0.2, -0.15) is 0 Å². The van der Waals surface area contributed by atoms with Crippen LogP contribution in [0.1, 0.15) is 50.0 Å². The standard InChI is InChI=1S/C14H22N4O3/c1-3-14(4-2)5-7-17(8-6-14)12(19)10-18-9-11(13(20)21)15-16-18/h9H,3-8,10H2,1-2H3,(H,20,21). The van der Waals surface area contributed by atoms with Crippen molar-refractivity contribution in [3.8, 4) is 0 Å². The minimum absolute atomic E-state index is 0.0300. The summed E-state index contributed by atoms with van der Waals surface area (Å²) < 4.78 is 1.29. The van der Waals surface area contributed by atoms with Gasteiger partial charge in [-0.3, -0.25) is 4.79 Å². The average Bonchev–Trinajstić information content (AvgIpc) is 2.96. The van der Waals surface area contributed by atoms with E-state index < -0.39 is 5.97 Å². The molecular formula is C14H22N4O3. The Kier molecular flexibility index (Phi) is 4.59. The SMILES string of the molecule is CCC1(CC)CCN(C(=O)Cn2cc(C(=O)O)nn2)CC1. The molecule has 1 aromatic heterocycles. The molecule has 7 heteroatoms. The van der Waals surface area contributed by atoms with Crippen LogP contribution in [0.3, 0.4) is 0 Å². The van der Waals surface area contributed by atoms with Crippen LogP contribution in [0.25, 0.3) is 0 Å². The normalized spacial score (nSPS) is 17.7. The first kappa shape index (κ1) is 15.5. The molecule has 1 aromatic rings. The largest absolute Gasteiger partial charge is 0.476 e. The van der Waals surface area contributed by atoms with E-state index in [0.717, 1.165) is 38.8 Å². The molecule has 1 amide bonds. The minimum Gasteiger partial charge on any atom is -0.476 e. The summed E-state index contributed by atoms with van der Waals surface area (Å²) >= 11 is 0. The van der Waals surface area contributed by atoms with Crippen LogP contribution in [0.5, 0.6) is 0 Å². The smallest absolute Gasteiger partial charge is 0.358 e. The highest BCUT2D eigenvalue weighted by molar-refractivity contribution is 5.84. The first-order valence-electron chi connectivity index (χ1n) is 7.41. The van der Waals surface area contributed by atoms with Gasteiger partial charge in [0.1, 0.15) is 6.54 Å². The number of likely N-dealkylation sites (tertiary alicyclic amines) is 1. The van der Waals surface area contributed by atoms with Gasteiger partial charge < -0.3 is 10.0 Å². The zero-order valence-electron chi connectivity index (χ0n) is 12.6. The van der Waals surface area contributed by atoms with Crippen LogP contribution in [-0.4, -0.2) is 50.0 Å². The fourth-order valence-electron chi connectivity index (χ4n) is 2.90. The molecule has 1 aliphatic rings. The number of hydrogen-bond acceptors (Lipinski definition) is 4. The van der Waals surface area contributed by atoms with Crippen LogP contribution < -0.4 is 0 Å². The van der Waals surface area contributed by atoms with E-state index >= 15 is 0 Å². The van der Waals surface area contributed by atoms with Crippen molar-refractivity contribution in [2.75, 3.05) is 13.1 Å². The lowest BCUT2D eigenvalue weighted by Gasteiger charge is -2.41. The van der Waals surface area contributed by atoms with Crippen molar-refractivity contribution in [3.63, 3.8) is 0 Å². The van der Waals surface area contributed by atoms with Crippen molar-refractivity contribution < 1.29 is 14.7 Å². The van der Waals surface area contributed by atoms with Gasteiger partial charge in [0.25, 0.3) is 0 Å². The molecule has 1 fully saturated rings. The maximum Gasteiger partial charge on any atom is 0.358 e. The van der Waals surface area contributed by atoms with E-state index in [1.165, 1.54) is 10.9 Å². The number of hydrogen-bond donors (Lipinski definition) is 1. The van der Waals surface area contributed by atoms with Crippen molar-refractivity contribution in [2.45, 2.75) is 46.1 Å². The third kappa shape index (κ3) is 3.40. The van der Waals surface area contributed by atoms with Gasteiger partial charge in [0.2, 0.25) is 5.91 Å². The molecule has 1 N–H and O–H groups in total. The summed E-state index contributed by atoms with van der Waals surface area (Å²) in [6.07, 6.45) is 5.65. The molecule has 0 unspecified atom stereocenters. The zero-order chi connectivity index (χ0) is 15.5. The van der Waals surface area contributed by atoms with Crippen molar-refractivity contribution >= 4 is 11.9 Å². The van der Waals surface area contributed by atoms with Crippen molar-refractivity contribution in [1.82, 2.24) is 19.9 Å². The number of carboxylic acids is 1. The van der Waals surface area contributed by atoms with E-state index in [9.17, 15) is 9.59 Å². The molecule has 0 spiro atoms. The van der Waals surface area contributed by atoms with Gasteiger partial charge in [0, 0.05) is 13.1 Å². The Morgan fingerprint density at radius 3 is 2.38 bits per heavy atom. The first-order chi connectivity index (χ1) is 9.99. The van der Waals surface area contributed by atoms with Crippen LogP contribution in [0.15, 0.2) is 6.20 Å². The summed E-state index contributed by atoms with van der Waals surface area (Å²) in [6.45, 7) is 6.00. The molecule has 7 nitrogen and oxygen atoms in total. The molecule has 1 aliphatic heterocycles. The third-order valence-corrected chi connectivity index (χ3v) is 4.73. The van der Waals surface area contributed by atoms with E-state index in [1.807, 2.05) is 4.90 Å². The molecule has 0 bridgehead atoms. The molecule has 0 aliphatic carbocycles. The molecule has 0 saturated carbocycles. The number of carboxylic acid groups (broad SMARTS) is 1. The lowest BCUT2D eigenvalue weighted by atomic mass is 9.74. The topological polar surface area (TPSA) is 88.3 Å². The molecule has 0 aromatic carbocycles. The predicted octanol–water partition coefficient (Wildman–Crippen LogP) is 1.41. The van der Waals surface area contributed by atoms with Crippen LogP contribution in [0, 0.1) is 5.41 Å². The summed E-state index contributed by atoms with van der Waals surface area (Å²) in [5.74, 6) is -1.17. The third-order valence-electron chi connectivity index (χ3n) is 4.73. The molecule has 1 saturated heterocycles. The molecule has 21 heavy (non-hydrogen) atoms. The van der Waals surface area contributed by atoms with Crippen LogP contribution in [0.4, 0.5) is 0 Å². The number of carbonyl (C=O) groups excluding carboxylic acids is 1. The number of rotatable bonds is 5. The number of aromatic nitrogens is 3. The Morgan fingerprint density at radius 1 is 1.29 bits per heavy atom. The number of nitrogens with zero attached hydrogens (tertiary/aromatic N) is 4. The highest BCUT2D eigenvalue weighted by Crippen LogP contribution is 2.37. The summed E-state index contributed by atoms with van der Waals surface area (Å²) in [5.41, 5.74) is 0.234. The number of aromatic carboxylic acids is 1. The molecule has 116 valence electrons. The minimum atomic E-state index is -1.14. The van der Waals surface area contributed by atoms with Gasteiger partial charge >= 0.3 is 5.97 Å². The van der Waals surface area contributed by atoms with Crippen LogP contribution in [-0.2, 0) is 11.3 Å². The van der Waals surface area contributed by atoms with E-state index in [0.29, 0.717) is 5.41 Å². The number of carbonyl (C=O) groups is 2. The number of piperidine rings is 1. The maximum atomic E-state index is 12.2. The van der Waals surface area contributed by atoms with E-state index in [1.54, 1.807) is 0 Å². The number of amides is 1. The van der Waals surface area contributed by atoms with E-state index in [2.05, 4.69) is 24.2 Å². The maximum absolute atomic E-state index is 12.2. The average molecular weight is 294 g/mol. The van der Waals surface area contributed by atoms with Gasteiger partial charge in [-0.15, -0.1) is 5.10 Å². The molecule has 0 radical (unpaired) electrons. The Morgan fingerprint density at radius 2 is 1.90 bits per heavy atom. The summed E-state index contributed by atoms with van der Waals surface area (Å²) in [6, 6.07) is 0. The fraction of sp³-hybridized carbons (Fsp3) is 0.714. The molecular weight excluding hydrogens is 272 g/mol.